The zero-order chi connectivity index (χ0) is 16.9. The summed E-state index contributed by atoms with van der Waals surface area (Å²) in [4.78, 5) is 6.45. The van der Waals surface area contributed by atoms with Crippen molar-refractivity contribution in [2.45, 2.75) is 32.0 Å². The molecule has 1 saturated heterocycles. The zero-order valence-electron chi connectivity index (χ0n) is 13.9. The second kappa shape index (κ2) is 7.58. The summed E-state index contributed by atoms with van der Waals surface area (Å²) in [5.41, 5.74) is 1.14. The third kappa shape index (κ3) is 4.12. The van der Waals surface area contributed by atoms with E-state index in [1.165, 1.54) is 0 Å². The van der Waals surface area contributed by atoms with Crippen molar-refractivity contribution in [2.24, 2.45) is 0 Å². The van der Waals surface area contributed by atoms with E-state index in [-0.39, 0.29) is 6.10 Å². The van der Waals surface area contributed by atoms with E-state index < -0.39 is 0 Å². The number of ether oxygens (including phenoxy) is 1. The fourth-order valence-corrected chi connectivity index (χ4v) is 3.02. The number of pyridine rings is 1. The highest BCUT2D eigenvalue weighted by molar-refractivity contribution is 5.42. The number of nitrogens with zero attached hydrogens (tertiary/aromatic N) is 4. The monoisotopic (exact) mass is 340 g/mol. The molecular formula is C18H20N4O3. The molecule has 1 fully saturated rings. The van der Waals surface area contributed by atoms with Crippen LogP contribution in [0.3, 0.4) is 0 Å². The van der Waals surface area contributed by atoms with E-state index in [1.54, 1.807) is 24.6 Å². The second-order valence-corrected chi connectivity index (χ2v) is 6.14. The Balaban J connectivity index is 1.47. The molecule has 0 unspecified atom stereocenters. The predicted molar refractivity (Wildman–Crippen MR) is 89.3 cm³/mol. The van der Waals surface area contributed by atoms with Crippen LogP contribution in [0.4, 0.5) is 0 Å². The van der Waals surface area contributed by atoms with Crippen molar-refractivity contribution in [1.82, 2.24) is 20.1 Å². The number of rotatable bonds is 7. The van der Waals surface area contributed by atoms with Crippen LogP contribution >= 0.6 is 0 Å². The van der Waals surface area contributed by atoms with Crippen molar-refractivity contribution in [3.63, 3.8) is 0 Å². The van der Waals surface area contributed by atoms with Crippen LogP contribution < -0.4 is 0 Å². The minimum Gasteiger partial charge on any atom is -0.459 e. The maximum atomic E-state index is 5.78. The summed E-state index contributed by atoms with van der Waals surface area (Å²) in [5, 5.41) is 8.22. The van der Waals surface area contributed by atoms with Gasteiger partial charge >= 0.3 is 0 Å². The lowest BCUT2D eigenvalue weighted by Crippen LogP contribution is -2.31. The highest BCUT2D eigenvalue weighted by Crippen LogP contribution is 2.20. The molecule has 4 heterocycles. The Labute approximate surface area is 145 Å². The van der Waals surface area contributed by atoms with Gasteiger partial charge in [0.1, 0.15) is 0 Å². The standard InChI is InChI=1S/C18H20N4O3/c1-4-14(10-19-7-1)11-22(12-15-5-2-8-23-15)13-17-20-21-18(25-17)16-6-3-9-24-16/h1,3-4,6-7,9-10,15H,2,5,8,11-13H2/t15-/m1/s1. The van der Waals surface area contributed by atoms with Gasteiger partial charge in [-0.15, -0.1) is 10.2 Å². The first-order valence-electron chi connectivity index (χ1n) is 8.46. The van der Waals surface area contributed by atoms with Gasteiger partial charge in [0.15, 0.2) is 5.76 Å². The Bertz CT molecular complexity index is 767. The van der Waals surface area contributed by atoms with Crippen LogP contribution in [0.1, 0.15) is 24.3 Å². The average Bonchev–Trinajstić information content (AvgIpc) is 3.38. The molecule has 1 atom stereocenters. The van der Waals surface area contributed by atoms with E-state index in [0.717, 1.165) is 38.1 Å². The highest BCUT2D eigenvalue weighted by atomic mass is 16.5. The molecule has 3 aromatic rings. The molecule has 0 N–H and O–H groups in total. The third-order valence-corrected chi connectivity index (χ3v) is 4.17. The first-order valence-corrected chi connectivity index (χ1v) is 8.46. The molecule has 0 aliphatic carbocycles. The lowest BCUT2D eigenvalue weighted by atomic mass is 10.2. The minimum atomic E-state index is 0.254. The van der Waals surface area contributed by atoms with Crippen LogP contribution in [-0.2, 0) is 17.8 Å². The summed E-state index contributed by atoms with van der Waals surface area (Å²) in [7, 11) is 0. The van der Waals surface area contributed by atoms with Gasteiger partial charge in [-0.3, -0.25) is 9.88 Å². The number of hydrogen-bond acceptors (Lipinski definition) is 7. The van der Waals surface area contributed by atoms with Gasteiger partial charge in [0.2, 0.25) is 5.89 Å². The molecule has 0 radical (unpaired) electrons. The predicted octanol–water partition coefficient (Wildman–Crippen LogP) is 2.91. The molecule has 25 heavy (non-hydrogen) atoms. The summed E-state index contributed by atoms with van der Waals surface area (Å²) in [6.07, 6.45) is 7.71. The van der Waals surface area contributed by atoms with Crippen molar-refractivity contribution in [1.29, 1.82) is 0 Å². The smallest absolute Gasteiger partial charge is 0.283 e. The van der Waals surface area contributed by atoms with E-state index in [4.69, 9.17) is 13.6 Å². The van der Waals surface area contributed by atoms with Crippen molar-refractivity contribution in [2.75, 3.05) is 13.2 Å². The summed E-state index contributed by atoms with van der Waals surface area (Å²) >= 11 is 0. The lowest BCUT2D eigenvalue weighted by Gasteiger charge is -2.23. The molecule has 0 saturated carbocycles. The van der Waals surface area contributed by atoms with Crippen LogP contribution in [0.2, 0.25) is 0 Å². The topological polar surface area (TPSA) is 77.4 Å². The summed E-state index contributed by atoms with van der Waals surface area (Å²) < 4.78 is 16.8. The van der Waals surface area contributed by atoms with Gasteiger partial charge in [-0.1, -0.05) is 6.07 Å². The molecule has 1 aliphatic heterocycles. The fraction of sp³-hybridized carbons (Fsp3) is 0.389. The Hall–Kier alpha value is -2.51. The number of hydrogen-bond donors (Lipinski definition) is 0. The minimum absolute atomic E-state index is 0.254. The molecule has 0 amide bonds. The Morgan fingerprint density at radius 2 is 2.16 bits per heavy atom. The summed E-state index contributed by atoms with van der Waals surface area (Å²) in [6.45, 7) is 2.98. The van der Waals surface area contributed by atoms with Gasteiger partial charge in [-0.25, -0.2) is 0 Å². The van der Waals surface area contributed by atoms with Gasteiger partial charge in [-0.2, -0.15) is 0 Å². The Morgan fingerprint density at radius 3 is 2.92 bits per heavy atom. The normalized spacial score (nSPS) is 17.4. The molecule has 0 aromatic carbocycles. The van der Waals surface area contributed by atoms with Crippen LogP contribution in [0.15, 0.2) is 51.8 Å². The molecule has 130 valence electrons. The molecular weight excluding hydrogens is 320 g/mol. The largest absolute Gasteiger partial charge is 0.459 e. The van der Waals surface area contributed by atoms with Crippen molar-refractivity contribution in [3.05, 3.63) is 54.4 Å². The maximum absolute atomic E-state index is 5.78. The van der Waals surface area contributed by atoms with E-state index in [9.17, 15) is 0 Å². The second-order valence-electron chi connectivity index (χ2n) is 6.14. The van der Waals surface area contributed by atoms with E-state index in [2.05, 4.69) is 26.1 Å². The van der Waals surface area contributed by atoms with Gasteiger partial charge in [0.05, 0.1) is 18.9 Å². The van der Waals surface area contributed by atoms with Crippen LogP contribution in [-0.4, -0.2) is 39.3 Å². The van der Waals surface area contributed by atoms with E-state index >= 15 is 0 Å². The highest BCUT2D eigenvalue weighted by Gasteiger charge is 2.21. The van der Waals surface area contributed by atoms with Gasteiger partial charge in [0, 0.05) is 32.1 Å². The van der Waals surface area contributed by atoms with Crippen LogP contribution in [0, 0.1) is 0 Å². The van der Waals surface area contributed by atoms with E-state index in [0.29, 0.717) is 24.1 Å². The van der Waals surface area contributed by atoms with Gasteiger partial charge in [0.25, 0.3) is 5.89 Å². The molecule has 4 rings (SSSR count). The van der Waals surface area contributed by atoms with Crippen LogP contribution in [0.5, 0.6) is 0 Å². The quantitative estimate of drug-likeness (QED) is 0.654. The third-order valence-electron chi connectivity index (χ3n) is 4.17. The van der Waals surface area contributed by atoms with Crippen molar-refractivity contribution < 1.29 is 13.6 Å². The first kappa shape index (κ1) is 16.0. The fourth-order valence-electron chi connectivity index (χ4n) is 3.02. The molecule has 3 aromatic heterocycles. The molecule has 1 aliphatic rings. The van der Waals surface area contributed by atoms with Crippen molar-refractivity contribution in [3.8, 4) is 11.7 Å². The van der Waals surface area contributed by atoms with Gasteiger partial charge in [-0.05, 0) is 36.6 Å². The van der Waals surface area contributed by atoms with E-state index in [1.807, 2.05) is 12.3 Å². The molecule has 7 nitrogen and oxygen atoms in total. The Morgan fingerprint density at radius 1 is 1.16 bits per heavy atom. The molecule has 0 bridgehead atoms. The number of furan rings is 1. The summed E-state index contributed by atoms with van der Waals surface area (Å²) in [5.74, 6) is 1.54. The van der Waals surface area contributed by atoms with Gasteiger partial charge < -0.3 is 13.6 Å². The SMILES string of the molecule is c1cncc(CN(Cc2nnc(-c3ccco3)o2)C[C@H]2CCCO2)c1. The Kier molecular flexibility index (Phi) is 4.85. The molecule has 0 spiro atoms. The average molecular weight is 340 g/mol. The first-order chi connectivity index (χ1) is 12.4. The summed E-state index contributed by atoms with van der Waals surface area (Å²) in [6, 6.07) is 7.61. The van der Waals surface area contributed by atoms with Crippen LogP contribution in [0.25, 0.3) is 11.7 Å². The number of aromatic nitrogens is 3. The lowest BCUT2D eigenvalue weighted by molar-refractivity contribution is 0.0648. The zero-order valence-corrected chi connectivity index (χ0v) is 13.9. The van der Waals surface area contributed by atoms with Crippen molar-refractivity contribution >= 4 is 0 Å². The molecule has 7 heteroatoms. The maximum Gasteiger partial charge on any atom is 0.283 e.